The predicted molar refractivity (Wildman–Crippen MR) is 245 cm³/mol. The molecular weight excluding hydrogens is 701 g/mol. The van der Waals surface area contributed by atoms with Crippen LogP contribution in [0, 0.1) is 6.92 Å². The zero-order valence-corrected chi connectivity index (χ0v) is 33.4. The molecule has 11 rings (SSSR count). The predicted octanol–water partition coefficient (Wildman–Crippen LogP) is 15.2. The highest BCUT2D eigenvalue weighted by atomic mass is 15.2. The topological polar surface area (TPSA) is 6.48 Å². The van der Waals surface area contributed by atoms with Gasteiger partial charge >= 0.3 is 0 Å². The Balaban J connectivity index is 1.30. The Kier molecular flexibility index (Phi) is 7.59. The molecule has 0 radical (unpaired) electrons. The number of rotatable bonds is 4. The van der Waals surface area contributed by atoms with Crippen LogP contribution in [-0.2, 0) is 10.8 Å². The van der Waals surface area contributed by atoms with Crippen molar-refractivity contribution in [2.24, 2.45) is 0 Å². The van der Waals surface area contributed by atoms with Gasteiger partial charge in [-0.1, -0.05) is 166 Å². The van der Waals surface area contributed by atoms with E-state index in [2.05, 4.69) is 232 Å². The van der Waals surface area contributed by atoms with Crippen molar-refractivity contribution in [1.29, 1.82) is 0 Å². The van der Waals surface area contributed by atoms with Gasteiger partial charge in [0.1, 0.15) is 0 Å². The molecule has 0 saturated carbocycles. The lowest BCUT2D eigenvalue weighted by molar-refractivity contribution is 0.590. The Morgan fingerprint density at radius 3 is 1.64 bits per heavy atom. The van der Waals surface area contributed by atoms with Crippen LogP contribution in [0.1, 0.15) is 54.2 Å². The minimum absolute atomic E-state index is 0.0455. The lowest BCUT2D eigenvalue weighted by Crippen LogP contribution is -2.36. The molecule has 2 nitrogen and oxygen atoms in total. The molecule has 0 N–H and O–H groups in total. The Bertz CT molecular complexity index is 3000. The van der Waals surface area contributed by atoms with E-state index in [1.807, 2.05) is 0 Å². The quantitative estimate of drug-likeness (QED) is 0.177. The second-order valence-corrected chi connectivity index (χ2v) is 17.0. The Hall–Kier alpha value is -6.90. The Morgan fingerprint density at radius 1 is 0.448 bits per heavy atom. The number of nitrogens with zero attached hydrogens (tertiary/aromatic N) is 2. The van der Waals surface area contributed by atoms with Crippen LogP contribution in [0.4, 0.5) is 34.1 Å². The number of fused-ring (bicyclic) bond motifs is 13. The van der Waals surface area contributed by atoms with Gasteiger partial charge < -0.3 is 9.80 Å². The summed E-state index contributed by atoms with van der Waals surface area (Å²) in [6.45, 7) is 9.02. The summed E-state index contributed by atoms with van der Waals surface area (Å²) in [6, 6.07) is 72.7. The number of para-hydroxylation sites is 3. The molecule has 1 aliphatic carbocycles. The van der Waals surface area contributed by atoms with E-state index in [1.165, 1.54) is 83.1 Å². The third kappa shape index (κ3) is 4.91. The van der Waals surface area contributed by atoms with E-state index in [4.69, 9.17) is 0 Å². The van der Waals surface area contributed by atoms with Crippen molar-refractivity contribution in [3.05, 3.63) is 228 Å². The van der Waals surface area contributed by atoms with Crippen molar-refractivity contribution in [1.82, 2.24) is 0 Å². The molecule has 278 valence electrons. The first-order chi connectivity index (χ1) is 28.3. The normalized spacial score (nSPS) is 13.6. The fourth-order valence-corrected chi connectivity index (χ4v) is 10.0. The molecule has 9 aromatic rings. The molecule has 9 aromatic carbocycles. The number of benzene rings is 9. The highest BCUT2D eigenvalue weighted by Gasteiger charge is 2.53. The lowest BCUT2D eigenvalue weighted by atomic mass is 9.64. The lowest BCUT2D eigenvalue weighted by Gasteiger charge is -2.45. The summed E-state index contributed by atoms with van der Waals surface area (Å²) in [5, 5.41) is 5.01. The number of hydrogen-bond donors (Lipinski definition) is 0. The molecule has 1 aliphatic heterocycles. The van der Waals surface area contributed by atoms with Gasteiger partial charge in [0.25, 0.3) is 0 Å². The van der Waals surface area contributed by atoms with Gasteiger partial charge in [-0.05, 0) is 122 Å². The van der Waals surface area contributed by atoms with Gasteiger partial charge in [-0.25, -0.2) is 0 Å². The second-order valence-electron chi connectivity index (χ2n) is 17.0. The largest absolute Gasteiger partial charge is 0.310 e. The molecular formula is C56H44N2. The third-order valence-corrected chi connectivity index (χ3v) is 12.6. The highest BCUT2D eigenvalue weighted by molar-refractivity contribution is 6.16. The van der Waals surface area contributed by atoms with Gasteiger partial charge in [-0.2, -0.15) is 0 Å². The maximum Gasteiger partial charge on any atom is 0.0755 e. The van der Waals surface area contributed by atoms with E-state index in [9.17, 15) is 0 Å². The smallest absolute Gasteiger partial charge is 0.0755 e. The van der Waals surface area contributed by atoms with Crippen LogP contribution in [0.25, 0.3) is 32.7 Å². The maximum atomic E-state index is 2.55. The van der Waals surface area contributed by atoms with Gasteiger partial charge in [0, 0.05) is 22.4 Å². The van der Waals surface area contributed by atoms with Crippen LogP contribution < -0.4 is 9.80 Å². The molecule has 0 unspecified atom stereocenters. The van der Waals surface area contributed by atoms with Crippen molar-refractivity contribution in [3.8, 4) is 11.1 Å². The van der Waals surface area contributed by atoms with E-state index in [-0.39, 0.29) is 5.41 Å². The van der Waals surface area contributed by atoms with Crippen molar-refractivity contribution < 1.29 is 0 Å². The Labute approximate surface area is 341 Å². The first kappa shape index (κ1) is 34.4. The summed E-state index contributed by atoms with van der Waals surface area (Å²) in [5.74, 6) is 0. The average molecular weight is 745 g/mol. The summed E-state index contributed by atoms with van der Waals surface area (Å²) in [7, 11) is 0. The first-order valence-electron chi connectivity index (χ1n) is 20.4. The average Bonchev–Trinajstić information content (AvgIpc) is 3.56. The molecule has 0 fully saturated rings. The van der Waals surface area contributed by atoms with Gasteiger partial charge in [-0.3, -0.25) is 0 Å². The second kappa shape index (κ2) is 12.8. The van der Waals surface area contributed by atoms with Crippen LogP contribution >= 0.6 is 0 Å². The van der Waals surface area contributed by atoms with Gasteiger partial charge in [0.15, 0.2) is 0 Å². The molecule has 0 saturated heterocycles. The zero-order chi connectivity index (χ0) is 39.2. The van der Waals surface area contributed by atoms with Crippen LogP contribution in [0.15, 0.2) is 194 Å². The molecule has 58 heavy (non-hydrogen) atoms. The molecule has 2 heteroatoms. The molecule has 2 aliphatic rings. The monoisotopic (exact) mass is 744 g/mol. The summed E-state index contributed by atoms with van der Waals surface area (Å²) in [4.78, 5) is 4.95. The zero-order valence-electron chi connectivity index (χ0n) is 33.4. The Morgan fingerprint density at radius 2 is 0.983 bits per heavy atom. The summed E-state index contributed by atoms with van der Waals surface area (Å²) in [6.07, 6.45) is 0. The SMILES string of the molecule is Cc1ccc(N(c2ccc(C(C)(C)C)cc2)c2cc3c(c4ccccc24)-c2c(ccc4ccccc24)C32c3ccccc3N(c3ccccc3)c3ccccc32)cc1. The van der Waals surface area contributed by atoms with Gasteiger partial charge in [-0.15, -0.1) is 0 Å². The molecule has 0 bridgehead atoms. The van der Waals surface area contributed by atoms with E-state index in [1.54, 1.807) is 0 Å². The van der Waals surface area contributed by atoms with Crippen molar-refractivity contribution in [2.75, 3.05) is 9.80 Å². The molecule has 1 spiro atoms. The number of hydrogen-bond acceptors (Lipinski definition) is 2. The summed E-state index contributed by atoms with van der Waals surface area (Å²) < 4.78 is 0. The van der Waals surface area contributed by atoms with Crippen LogP contribution in [0.5, 0.6) is 0 Å². The van der Waals surface area contributed by atoms with Gasteiger partial charge in [0.2, 0.25) is 0 Å². The summed E-state index contributed by atoms with van der Waals surface area (Å²) >= 11 is 0. The van der Waals surface area contributed by atoms with Crippen LogP contribution in [0.2, 0.25) is 0 Å². The molecule has 0 aromatic heterocycles. The molecule has 0 atom stereocenters. The molecule has 1 heterocycles. The molecule has 0 amide bonds. The fraction of sp³-hybridized carbons (Fsp3) is 0.107. The fourth-order valence-electron chi connectivity index (χ4n) is 10.0. The van der Waals surface area contributed by atoms with E-state index >= 15 is 0 Å². The van der Waals surface area contributed by atoms with Crippen LogP contribution in [-0.4, -0.2) is 0 Å². The first-order valence-corrected chi connectivity index (χ1v) is 20.4. The number of anilines is 6. The third-order valence-electron chi connectivity index (χ3n) is 12.6. The van der Waals surface area contributed by atoms with E-state index in [0.29, 0.717) is 0 Å². The minimum Gasteiger partial charge on any atom is -0.310 e. The van der Waals surface area contributed by atoms with Crippen molar-refractivity contribution in [3.63, 3.8) is 0 Å². The van der Waals surface area contributed by atoms with Crippen molar-refractivity contribution >= 4 is 55.7 Å². The van der Waals surface area contributed by atoms with E-state index < -0.39 is 5.41 Å². The highest BCUT2D eigenvalue weighted by Crippen LogP contribution is 2.66. The van der Waals surface area contributed by atoms with Gasteiger partial charge in [0.05, 0.1) is 22.5 Å². The number of aryl methyl sites for hydroxylation is 1. The van der Waals surface area contributed by atoms with E-state index in [0.717, 1.165) is 17.1 Å². The minimum atomic E-state index is -0.610. The standard InChI is InChI=1S/C56H44N2/c1-37-26-31-41(32-27-37)57(42-33-29-39(30-34-42)55(2,3)4)52-36-49-54(45-21-11-10-20-44(45)52)53-43-19-9-8-16-38(43)28-35-48(53)56(49)46-22-12-14-24-50(46)58(40-17-6-5-7-18-40)51-25-15-13-23-47(51)56/h5-36H,1-4H3. The van der Waals surface area contributed by atoms with Crippen molar-refractivity contribution in [2.45, 2.75) is 38.5 Å². The maximum absolute atomic E-state index is 2.55. The van der Waals surface area contributed by atoms with Crippen LogP contribution in [0.3, 0.4) is 0 Å². The summed E-state index contributed by atoms with van der Waals surface area (Å²) in [5.41, 5.74) is 16.8.